The van der Waals surface area contributed by atoms with Crippen LogP contribution in [-0.4, -0.2) is 0 Å². The maximum atomic E-state index is 8.81. The molecule has 0 aliphatic carbocycles. The molecular weight excluding hydrogens is 234 g/mol. The van der Waals surface area contributed by atoms with E-state index in [0.29, 0.717) is 13.0 Å². The minimum atomic E-state index is 0.425. The molecule has 0 spiro atoms. The summed E-state index contributed by atoms with van der Waals surface area (Å²) in [5.74, 6) is 0.881. The molecule has 0 amide bonds. The van der Waals surface area contributed by atoms with Crippen molar-refractivity contribution < 1.29 is 4.74 Å². The van der Waals surface area contributed by atoms with Crippen molar-refractivity contribution in [2.24, 2.45) is 0 Å². The molecule has 0 saturated heterocycles. The summed E-state index contributed by atoms with van der Waals surface area (Å²) in [5, 5.41) is 8.81. The first-order chi connectivity index (χ1) is 9.33. The molecular formula is C17H17NO. The minimum absolute atomic E-state index is 0.425. The van der Waals surface area contributed by atoms with E-state index >= 15 is 0 Å². The zero-order chi connectivity index (χ0) is 13.5. The standard InChI is InChI=1S/C17H17NO/c1-2-14-6-5-9-17(12-14)19-13-16-8-4-3-7-15(16)10-11-18/h3-9,12H,2,10,13H2,1H3. The second-order valence-corrected chi connectivity index (χ2v) is 4.39. The van der Waals surface area contributed by atoms with Gasteiger partial charge in [0.25, 0.3) is 0 Å². The Kier molecular flexibility index (Phi) is 4.58. The largest absolute Gasteiger partial charge is 0.489 e. The molecule has 0 bridgehead atoms. The van der Waals surface area contributed by atoms with Crippen molar-refractivity contribution in [3.8, 4) is 11.8 Å². The minimum Gasteiger partial charge on any atom is -0.489 e. The van der Waals surface area contributed by atoms with Gasteiger partial charge in [-0.25, -0.2) is 0 Å². The summed E-state index contributed by atoms with van der Waals surface area (Å²) < 4.78 is 5.81. The van der Waals surface area contributed by atoms with Gasteiger partial charge < -0.3 is 4.74 Å². The van der Waals surface area contributed by atoms with E-state index in [2.05, 4.69) is 25.1 Å². The first kappa shape index (κ1) is 13.2. The van der Waals surface area contributed by atoms with Crippen molar-refractivity contribution in [3.05, 3.63) is 65.2 Å². The second kappa shape index (κ2) is 6.61. The van der Waals surface area contributed by atoms with E-state index in [1.165, 1.54) is 5.56 Å². The summed E-state index contributed by atoms with van der Waals surface area (Å²) in [5.41, 5.74) is 3.38. The van der Waals surface area contributed by atoms with E-state index in [0.717, 1.165) is 23.3 Å². The topological polar surface area (TPSA) is 33.0 Å². The lowest BCUT2D eigenvalue weighted by atomic mass is 10.1. The van der Waals surface area contributed by atoms with Crippen LogP contribution in [0.2, 0.25) is 0 Å². The summed E-state index contributed by atoms with van der Waals surface area (Å²) in [6.07, 6.45) is 1.43. The van der Waals surface area contributed by atoms with Crippen LogP contribution in [0.25, 0.3) is 0 Å². The number of nitriles is 1. The third-order valence-electron chi connectivity index (χ3n) is 3.09. The van der Waals surface area contributed by atoms with Gasteiger partial charge in [0.15, 0.2) is 0 Å². The van der Waals surface area contributed by atoms with E-state index in [4.69, 9.17) is 10.00 Å². The molecule has 0 aliphatic rings. The third kappa shape index (κ3) is 3.59. The zero-order valence-electron chi connectivity index (χ0n) is 11.1. The van der Waals surface area contributed by atoms with Gasteiger partial charge in [0.05, 0.1) is 12.5 Å². The molecule has 0 aliphatic heterocycles. The lowest BCUT2D eigenvalue weighted by Gasteiger charge is -2.10. The molecule has 0 atom stereocenters. The molecule has 2 aromatic carbocycles. The van der Waals surface area contributed by atoms with Crippen molar-refractivity contribution in [2.45, 2.75) is 26.4 Å². The predicted octanol–water partition coefficient (Wildman–Crippen LogP) is 3.89. The maximum absolute atomic E-state index is 8.81. The van der Waals surface area contributed by atoms with E-state index in [-0.39, 0.29) is 0 Å². The highest BCUT2D eigenvalue weighted by Crippen LogP contribution is 2.17. The summed E-state index contributed by atoms with van der Waals surface area (Å²) in [7, 11) is 0. The Morgan fingerprint density at radius 1 is 1.05 bits per heavy atom. The average Bonchev–Trinajstić information content (AvgIpc) is 2.47. The van der Waals surface area contributed by atoms with E-state index in [1.807, 2.05) is 36.4 Å². The van der Waals surface area contributed by atoms with Crippen LogP contribution in [0.1, 0.15) is 23.6 Å². The summed E-state index contributed by atoms with van der Waals surface area (Å²) >= 11 is 0. The summed E-state index contributed by atoms with van der Waals surface area (Å²) in [6.45, 7) is 2.63. The fourth-order valence-corrected chi connectivity index (χ4v) is 1.97. The maximum Gasteiger partial charge on any atom is 0.120 e. The third-order valence-corrected chi connectivity index (χ3v) is 3.09. The van der Waals surface area contributed by atoms with Crippen LogP contribution in [0.15, 0.2) is 48.5 Å². The zero-order valence-corrected chi connectivity index (χ0v) is 11.1. The van der Waals surface area contributed by atoms with Gasteiger partial charge in [-0.1, -0.05) is 43.3 Å². The first-order valence-electron chi connectivity index (χ1n) is 6.49. The molecule has 2 aromatic rings. The van der Waals surface area contributed by atoms with Gasteiger partial charge in [0.1, 0.15) is 12.4 Å². The highest BCUT2D eigenvalue weighted by atomic mass is 16.5. The predicted molar refractivity (Wildman–Crippen MR) is 75.9 cm³/mol. The fraction of sp³-hybridized carbons (Fsp3) is 0.235. The first-order valence-corrected chi connectivity index (χ1v) is 6.49. The molecule has 0 heterocycles. The smallest absolute Gasteiger partial charge is 0.120 e. The van der Waals surface area contributed by atoms with Gasteiger partial charge in [0.2, 0.25) is 0 Å². The Labute approximate surface area is 114 Å². The molecule has 0 radical (unpaired) electrons. The van der Waals surface area contributed by atoms with Crippen LogP contribution >= 0.6 is 0 Å². The second-order valence-electron chi connectivity index (χ2n) is 4.39. The van der Waals surface area contributed by atoms with Gasteiger partial charge >= 0.3 is 0 Å². The Balaban J connectivity index is 2.08. The van der Waals surface area contributed by atoms with Gasteiger partial charge in [-0.3, -0.25) is 0 Å². The molecule has 0 aromatic heterocycles. The lowest BCUT2D eigenvalue weighted by Crippen LogP contribution is -2.00. The van der Waals surface area contributed by atoms with E-state index in [1.54, 1.807) is 0 Å². The highest BCUT2D eigenvalue weighted by Gasteiger charge is 2.02. The Hall–Kier alpha value is -2.27. The Morgan fingerprint density at radius 2 is 1.84 bits per heavy atom. The van der Waals surface area contributed by atoms with Crippen molar-refractivity contribution in [1.82, 2.24) is 0 Å². The van der Waals surface area contributed by atoms with Crippen LogP contribution < -0.4 is 4.74 Å². The summed E-state index contributed by atoms with van der Waals surface area (Å²) in [4.78, 5) is 0. The molecule has 0 fully saturated rings. The Bertz CT molecular complexity index is 584. The lowest BCUT2D eigenvalue weighted by molar-refractivity contribution is 0.305. The molecule has 2 heteroatoms. The van der Waals surface area contributed by atoms with Crippen LogP contribution in [-0.2, 0) is 19.4 Å². The number of nitrogens with zero attached hydrogens (tertiary/aromatic N) is 1. The van der Waals surface area contributed by atoms with Crippen molar-refractivity contribution >= 4 is 0 Å². The normalized spacial score (nSPS) is 9.89. The SMILES string of the molecule is CCc1cccc(OCc2ccccc2CC#N)c1. The van der Waals surface area contributed by atoms with Crippen LogP contribution in [0.5, 0.6) is 5.75 Å². The molecule has 2 nitrogen and oxygen atoms in total. The van der Waals surface area contributed by atoms with Crippen molar-refractivity contribution in [2.75, 3.05) is 0 Å². The van der Waals surface area contributed by atoms with Crippen LogP contribution in [0.4, 0.5) is 0 Å². The average molecular weight is 251 g/mol. The fourth-order valence-electron chi connectivity index (χ4n) is 1.97. The number of aryl methyl sites for hydroxylation is 1. The van der Waals surface area contributed by atoms with Gasteiger partial charge in [-0.2, -0.15) is 5.26 Å². The van der Waals surface area contributed by atoms with Gasteiger partial charge in [-0.15, -0.1) is 0 Å². The molecule has 0 saturated carbocycles. The van der Waals surface area contributed by atoms with Crippen LogP contribution in [0.3, 0.4) is 0 Å². The number of benzene rings is 2. The monoisotopic (exact) mass is 251 g/mol. The number of ether oxygens (including phenoxy) is 1. The summed E-state index contributed by atoms with van der Waals surface area (Å²) in [6, 6.07) is 18.2. The molecule has 19 heavy (non-hydrogen) atoms. The van der Waals surface area contributed by atoms with E-state index < -0.39 is 0 Å². The number of rotatable bonds is 5. The molecule has 0 N–H and O–H groups in total. The van der Waals surface area contributed by atoms with Gasteiger partial charge in [-0.05, 0) is 35.2 Å². The van der Waals surface area contributed by atoms with Crippen LogP contribution in [0, 0.1) is 11.3 Å². The van der Waals surface area contributed by atoms with Crippen molar-refractivity contribution in [1.29, 1.82) is 5.26 Å². The van der Waals surface area contributed by atoms with Crippen molar-refractivity contribution in [3.63, 3.8) is 0 Å². The molecule has 0 unspecified atom stereocenters. The highest BCUT2D eigenvalue weighted by molar-refractivity contribution is 5.31. The van der Waals surface area contributed by atoms with E-state index in [9.17, 15) is 0 Å². The number of hydrogen-bond donors (Lipinski definition) is 0. The molecule has 96 valence electrons. The quantitative estimate of drug-likeness (QED) is 0.807. The van der Waals surface area contributed by atoms with Gasteiger partial charge in [0, 0.05) is 0 Å². The Morgan fingerprint density at radius 3 is 2.58 bits per heavy atom. The molecule has 2 rings (SSSR count). The number of hydrogen-bond acceptors (Lipinski definition) is 2.